The van der Waals surface area contributed by atoms with Crippen molar-refractivity contribution < 1.29 is 14.3 Å². The number of amides is 1. The molecule has 2 saturated heterocycles. The topological polar surface area (TPSA) is 50.8 Å². The fourth-order valence-corrected chi connectivity index (χ4v) is 1.96. The van der Waals surface area contributed by atoms with Crippen LogP contribution in [0.2, 0.25) is 0 Å². The predicted molar refractivity (Wildman–Crippen MR) is 61.9 cm³/mol. The van der Waals surface area contributed by atoms with Crippen LogP contribution >= 0.6 is 12.4 Å². The lowest BCUT2D eigenvalue weighted by atomic mass is 10.2. The van der Waals surface area contributed by atoms with E-state index in [9.17, 15) is 4.79 Å². The molecule has 0 aromatic carbocycles. The van der Waals surface area contributed by atoms with Crippen LogP contribution in [0.15, 0.2) is 0 Å². The number of nitrogens with one attached hydrogen (secondary N) is 1. The molecule has 6 heteroatoms. The molecule has 0 aromatic rings. The maximum atomic E-state index is 12.1. The van der Waals surface area contributed by atoms with Crippen LogP contribution in [0.25, 0.3) is 0 Å². The number of hydrogen-bond donors (Lipinski definition) is 1. The van der Waals surface area contributed by atoms with Crippen molar-refractivity contribution in [3.8, 4) is 0 Å². The Morgan fingerprint density at radius 2 is 2.25 bits per heavy atom. The molecule has 5 nitrogen and oxygen atoms in total. The van der Waals surface area contributed by atoms with E-state index in [1.807, 2.05) is 11.8 Å². The summed E-state index contributed by atoms with van der Waals surface area (Å²) in [7, 11) is 0. The number of carbonyl (C=O) groups excluding carboxylic acids is 1. The highest BCUT2D eigenvalue weighted by molar-refractivity contribution is 5.85. The summed E-state index contributed by atoms with van der Waals surface area (Å²) in [5, 5.41) is 3.17. The average Bonchev–Trinajstić information content (AvgIpc) is 2.30. The van der Waals surface area contributed by atoms with Gasteiger partial charge in [-0.1, -0.05) is 0 Å². The largest absolute Gasteiger partial charge is 0.377 e. The number of ether oxygens (including phenoxy) is 2. The smallest absolute Gasteiger partial charge is 0.253 e. The van der Waals surface area contributed by atoms with E-state index in [1.165, 1.54) is 0 Å². The zero-order valence-electron chi connectivity index (χ0n) is 9.48. The summed E-state index contributed by atoms with van der Waals surface area (Å²) in [6, 6.07) is 0.164. The lowest BCUT2D eigenvalue weighted by Gasteiger charge is -2.36. The van der Waals surface area contributed by atoms with Gasteiger partial charge in [-0.05, 0) is 6.92 Å². The fourth-order valence-electron chi connectivity index (χ4n) is 1.96. The van der Waals surface area contributed by atoms with Gasteiger partial charge in [0.2, 0.25) is 0 Å². The van der Waals surface area contributed by atoms with Gasteiger partial charge in [0.15, 0.2) is 0 Å². The van der Waals surface area contributed by atoms with Gasteiger partial charge >= 0.3 is 0 Å². The molecule has 0 spiro atoms. The predicted octanol–water partition coefficient (Wildman–Crippen LogP) is -0.356. The zero-order valence-corrected chi connectivity index (χ0v) is 10.3. The van der Waals surface area contributed by atoms with Crippen molar-refractivity contribution in [2.75, 3.05) is 39.5 Å². The second-order valence-corrected chi connectivity index (χ2v) is 4.02. The maximum absolute atomic E-state index is 12.1. The van der Waals surface area contributed by atoms with Gasteiger partial charge in [-0.3, -0.25) is 4.79 Å². The van der Waals surface area contributed by atoms with Gasteiger partial charge in [-0.25, -0.2) is 0 Å². The van der Waals surface area contributed by atoms with E-state index < -0.39 is 0 Å². The summed E-state index contributed by atoms with van der Waals surface area (Å²) in [5.74, 6) is 0.0954. The molecule has 2 rings (SSSR count). The van der Waals surface area contributed by atoms with E-state index in [2.05, 4.69) is 5.32 Å². The Bertz CT molecular complexity index is 234. The van der Waals surface area contributed by atoms with Crippen LogP contribution in [0.5, 0.6) is 0 Å². The Morgan fingerprint density at radius 1 is 1.44 bits per heavy atom. The summed E-state index contributed by atoms with van der Waals surface area (Å²) in [6.45, 7) is 6.04. The molecule has 1 amide bonds. The van der Waals surface area contributed by atoms with Gasteiger partial charge < -0.3 is 19.7 Å². The number of halogens is 1. The van der Waals surface area contributed by atoms with Gasteiger partial charge in [0.05, 0.1) is 25.9 Å². The lowest BCUT2D eigenvalue weighted by Crippen LogP contribution is -2.55. The van der Waals surface area contributed by atoms with Gasteiger partial charge in [-0.15, -0.1) is 12.4 Å². The van der Waals surface area contributed by atoms with E-state index in [1.54, 1.807) is 0 Å². The molecule has 1 N–H and O–H groups in total. The standard InChI is InChI=1S/C10H18N2O3.ClH/c1-8-7-14-5-3-12(8)10(13)9-6-11-2-4-15-9;/h8-9,11H,2-7H2,1H3;1H/t8?,9-;/m1./s1. The molecule has 16 heavy (non-hydrogen) atoms. The first-order chi connectivity index (χ1) is 7.29. The Morgan fingerprint density at radius 3 is 2.88 bits per heavy atom. The second kappa shape index (κ2) is 6.39. The third-order valence-electron chi connectivity index (χ3n) is 2.85. The molecule has 0 saturated carbocycles. The Kier molecular flexibility index (Phi) is 5.48. The summed E-state index contributed by atoms with van der Waals surface area (Å²) in [6.07, 6.45) is -0.306. The molecule has 0 bridgehead atoms. The molecule has 94 valence electrons. The highest BCUT2D eigenvalue weighted by Crippen LogP contribution is 2.10. The number of rotatable bonds is 1. The molecular formula is C10H19ClN2O3. The van der Waals surface area contributed by atoms with Crippen molar-refractivity contribution in [1.29, 1.82) is 0 Å². The van der Waals surface area contributed by atoms with E-state index in [0.717, 1.165) is 6.54 Å². The molecule has 0 aliphatic carbocycles. The number of hydrogen-bond acceptors (Lipinski definition) is 4. The third kappa shape index (κ3) is 3.07. The van der Waals surface area contributed by atoms with Crippen LogP contribution in [-0.4, -0.2) is 62.4 Å². The Labute approximate surface area is 102 Å². The van der Waals surface area contributed by atoms with Crippen LogP contribution < -0.4 is 5.32 Å². The van der Waals surface area contributed by atoms with Crippen molar-refractivity contribution in [3.05, 3.63) is 0 Å². The highest BCUT2D eigenvalue weighted by atomic mass is 35.5. The lowest BCUT2D eigenvalue weighted by molar-refractivity contribution is -0.153. The first-order valence-corrected chi connectivity index (χ1v) is 5.49. The van der Waals surface area contributed by atoms with Crippen LogP contribution in [0.1, 0.15) is 6.92 Å². The SMILES string of the molecule is CC1COCCN1C(=O)[C@H]1CNCCO1.Cl. The molecule has 0 radical (unpaired) electrons. The quantitative estimate of drug-likeness (QED) is 0.691. The summed E-state index contributed by atoms with van der Waals surface area (Å²) >= 11 is 0. The van der Waals surface area contributed by atoms with Crippen LogP contribution in [0, 0.1) is 0 Å². The van der Waals surface area contributed by atoms with E-state index >= 15 is 0 Å². The molecule has 2 fully saturated rings. The second-order valence-electron chi connectivity index (χ2n) is 4.02. The minimum Gasteiger partial charge on any atom is -0.377 e. The van der Waals surface area contributed by atoms with E-state index in [4.69, 9.17) is 9.47 Å². The Balaban J connectivity index is 0.00000128. The monoisotopic (exact) mass is 250 g/mol. The molecule has 2 aliphatic heterocycles. The van der Waals surface area contributed by atoms with Gasteiger partial charge in [-0.2, -0.15) is 0 Å². The molecule has 2 aliphatic rings. The highest BCUT2D eigenvalue weighted by Gasteiger charge is 2.31. The minimum atomic E-state index is -0.306. The van der Waals surface area contributed by atoms with E-state index in [0.29, 0.717) is 32.9 Å². The Hall–Kier alpha value is -0.360. The number of carbonyl (C=O) groups is 1. The summed E-state index contributed by atoms with van der Waals surface area (Å²) in [4.78, 5) is 13.9. The molecule has 2 heterocycles. The summed E-state index contributed by atoms with van der Waals surface area (Å²) in [5.41, 5.74) is 0. The van der Waals surface area contributed by atoms with Crippen molar-refractivity contribution in [3.63, 3.8) is 0 Å². The first kappa shape index (κ1) is 13.7. The number of nitrogens with zero attached hydrogens (tertiary/aromatic N) is 1. The molecule has 1 unspecified atom stereocenters. The van der Waals surface area contributed by atoms with E-state index in [-0.39, 0.29) is 30.5 Å². The molecule has 0 aromatic heterocycles. The third-order valence-corrected chi connectivity index (χ3v) is 2.85. The average molecular weight is 251 g/mol. The van der Waals surface area contributed by atoms with Crippen molar-refractivity contribution >= 4 is 18.3 Å². The van der Waals surface area contributed by atoms with Crippen molar-refractivity contribution in [2.45, 2.75) is 19.1 Å². The fraction of sp³-hybridized carbons (Fsp3) is 0.900. The number of morpholine rings is 2. The maximum Gasteiger partial charge on any atom is 0.253 e. The van der Waals surface area contributed by atoms with Crippen molar-refractivity contribution in [1.82, 2.24) is 10.2 Å². The molecule has 2 atom stereocenters. The van der Waals surface area contributed by atoms with Gasteiger partial charge in [0.1, 0.15) is 6.10 Å². The first-order valence-electron chi connectivity index (χ1n) is 5.49. The van der Waals surface area contributed by atoms with Crippen LogP contribution in [-0.2, 0) is 14.3 Å². The normalized spacial score (nSPS) is 30.7. The molecular weight excluding hydrogens is 232 g/mol. The van der Waals surface area contributed by atoms with Gasteiger partial charge in [0, 0.05) is 19.6 Å². The van der Waals surface area contributed by atoms with Crippen LogP contribution in [0.3, 0.4) is 0 Å². The van der Waals surface area contributed by atoms with Gasteiger partial charge in [0.25, 0.3) is 5.91 Å². The summed E-state index contributed by atoms with van der Waals surface area (Å²) < 4.78 is 10.7. The van der Waals surface area contributed by atoms with Crippen molar-refractivity contribution in [2.24, 2.45) is 0 Å². The van der Waals surface area contributed by atoms with Crippen LogP contribution in [0.4, 0.5) is 0 Å². The zero-order chi connectivity index (χ0) is 10.7. The minimum absolute atomic E-state index is 0.